The molecule has 1 aromatic rings. The lowest BCUT2D eigenvalue weighted by Gasteiger charge is -2.40. The van der Waals surface area contributed by atoms with Crippen LogP contribution < -0.4 is 10.1 Å². The molecule has 0 unspecified atom stereocenters. The molecule has 2 rings (SSSR count). The van der Waals surface area contributed by atoms with E-state index in [4.69, 9.17) is 0 Å². The van der Waals surface area contributed by atoms with E-state index >= 15 is 0 Å². The van der Waals surface area contributed by atoms with Crippen LogP contribution in [0.1, 0.15) is 24.8 Å². The van der Waals surface area contributed by atoms with E-state index < -0.39 is 6.36 Å². The molecule has 0 spiro atoms. The summed E-state index contributed by atoms with van der Waals surface area (Å²) in [6.45, 7) is 1.44. The monoisotopic (exact) mass is 305 g/mol. The van der Waals surface area contributed by atoms with E-state index in [9.17, 15) is 13.2 Å². The smallest absolute Gasteiger partial charge is 0.406 e. The predicted molar refractivity (Wildman–Crippen MR) is 74.9 cm³/mol. The van der Waals surface area contributed by atoms with Crippen molar-refractivity contribution >= 4 is 11.8 Å². The molecule has 0 atom stereocenters. The zero-order valence-corrected chi connectivity index (χ0v) is 12.1. The molecule has 0 amide bonds. The third kappa shape index (κ3) is 4.31. The van der Waals surface area contributed by atoms with Gasteiger partial charge in [0.05, 0.1) is 0 Å². The van der Waals surface area contributed by atoms with Crippen LogP contribution in [0.2, 0.25) is 0 Å². The summed E-state index contributed by atoms with van der Waals surface area (Å²) in [5.41, 5.74) is 0.794. The second-order valence-electron chi connectivity index (χ2n) is 5.04. The molecule has 1 fully saturated rings. The van der Waals surface area contributed by atoms with Gasteiger partial charge >= 0.3 is 6.36 Å². The van der Waals surface area contributed by atoms with Gasteiger partial charge in [0.1, 0.15) is 5.75 Å². The molecule has 0 aromatic heterocycles. The van der Waals surface area contributed by atoms with Crippen molar-refractivity contribution in [3.63, 3.8) is 0 Å². The number of hydrogen-bond donors (Lipinski definition) is 1. The molecule has 1 saturated carbocycles. The molecule has 1 aromatic carbocycles. The molecular weight excluding hydrogens is 287 g/mol. The highest BCUT2D eigenvalue weighted by molar-refractivity contribution is 8.00. The van der Waals surface area contributed by atoms with E-state index in [1.165, 1.54) is 31.4 Å². The maximum atomic E-state index is 12.1. The van der Waals surface area contributed by atoms with Crippen LogP contribution in [0.3, 0.4) is 0 Å². The fourth-order valence-corrected chi connectivity index (χ4v) is 3.25. The first-order valence-electron chi connectivity index (χ1n) is 6.53. The number of rotatable bonds is 6. The third-order valence-corrected chi connectivity index (χ3v) is 5.02. The molecule has 0 radical (unpaired) electrons. The molecule has 6 heteroatoms. The van der Waals surface area contributed by atoms with Crippen molar-refractivity contribution < 1.29 is 17.9 Å². The van der Waals surface area contributed by atoms with E-state index in [0.717, 1.165) is 12.1 Å². The minimum Gasteiger partial charge on any atom is -0.406 e. The second-order valence-corrected chi connectivity index (χ2v) is 6.31. The predicted octanol–water partition coefficient (Wildman–Crippen LogP) is 3.96. The number of ether oxygens (including phenoxy) is 1. The first-order valence-corrected chi connectivity index (χ1v) is 7.75. The number of alkyl halides is 3. The highest BCUT2D eigenvalue weighted by atomic mass is 32.2. The van der Waals surface area contributed by atoms with Crippen LogP contribution in [0.5, 0.6) is 5.75 Å². The van der Waals surface area contributed by atoms with Crippen LogP contribution in [-0.2, 0) is 6.54 Å². The van der Waals surface area contributed by atoms with Crippen molar-refractivity contribution in [2.75, 3.05) is 12.8 Å². The Hall–Kier alpha value is -0.880. The third-order valence-electron chi connectivity index (χ3n) is 3.61. The van der Waals surface area contributed by atoms with Crippen LogP contribution in [0, 0.1) is 0 Å². The lowest BCUT2D eigenvalue weighted by molar-refractivity contribution is -0.274. The molecule has 0 aliphatic heterocycles. The minimum absolute atomic E-state index is 0.167. The molecule has 0 saturated heterocycles. The Kier molecular flexibility index (Phi) is 4.86. The molecular formula is C14H18F3NOS. The molecule has 112 valence electrons. The van der Waals surface area contributed by atoms with E-state index in [1.54, 1.807) is 12.1 Å². The van der Waals surface area contributed by atoms with Crippen molar-refractivity contribution in [1.82, 2.24) is 5.32 Å². The maximum absolute atomic E-state index is 12.1. The van der Waals surface area contributed by atoms with Crippen molar-refractivity contribution in [1.29, 1.82) is 0 Å². The van der Waals surface area contributed by atoms with Gasteiger partial charge in [-0.05, 0) is 36.8 Å². The Morgan fingerprint density at radius 2 is 2.10 bits per heavy atom. The summed E-state index contributed by atoms with van der Waals surface area (Å²) < 4.78 is 40.7. The topological polar surface area (TPSA) is 21.3 Å². The second kappa shape index (κ2) is 6.26. The van der Waals surface area contributed by atoms with Crippen LogP contribution in [-0.4, -0.2) is 23.9 Å². The summed E-state index contributed by atoms with van der Waals surface area (Å²) >= 11 is 1.87. The number of thioether (sulfide) groups is 1. The quantitative estimate of drug-likeness (QED) is 0.859. The molecule has 0 heterocycles. The van der Waals surface area contributed by atoms with Crippen molar-refractivity contribution in [3.8, 4) is 5.75 Å². The van der Waals surface area contributed by atoms with Gasteiger partial charge in [-0.15, -0.1) is 13.2 Å². The normalized spacial score (nSPS) is 17.6. The Morgan fingerprint density at radius 1 is 1.35 bits per heavy atom. The first-order chi connectivity index (χ1) is 9.42. The zero-order valence-electron chi connectivity index (χ0n) is 11.3. The van der Waals surface area contributed by atoms with E-state index in [2.05, 4.69) is 16.3 Å². The molecule has 1 aliphatic rings. The minimum atomic E-state index is -4.64. The first kappa shape index (κ1) is 15.5. The number of halogens is 3. The van der Waals surface area contributed by atoms with Gasteiger partial charge in [-0.2, -0.15) is 11.8 Å². The van der Waals surface area contributed by atoms with Crippen molar-refractivity contribution in [3.05, 3.63) is 29.8 Å². The van der Waals surface area contributed by atoms with Crippen molar-refractivity contribution in [2.24, 2.45) is 0 Å². The van der Waals surface area contributed by atoms with Crippen LogP contribution in [0.4, 0.5) is 13.2 Å². The van der Waals surface area contributed by atoms with Gasteiger partial charge in [-0.25, -0.2) is 0 Å². The molecule has 1 N–H and O–H groups in total. The van der Waals surface area contributed by atoms with Crippen LogP contribution >= 0.6 is 11.8 Å². The lowest BCUT2D eigenvalue weighted by atomic mass is 9.84. The Labute approximate surface area is 121 Å². The lowest BCUT2D eigenvalue weighted by Crippen LogP contribution is -2.43. The van der Waals surface area contributed by atoms with Gasteiger partial charge in [-0.3, -0.25) is 0 Å². The average molecular weight is 305 g/mol. The largest absolute Gasteiger partial charge is 0.573 e. The van der Waals surface area contributed by atoms with Gasteiger partial charge < -0.3 is 10.1 Å². The van der Waals surface area contributed by atoms with E-state index in [1.807, 2.05) is 11.8 Å². The van der Waals surface area contributed by atoms with Gasteiger partial charge in [0.25, 0.3) is 0 Å². The zero-order chi connectivity index (χ0) is 14.6. The van der Waals surface area contributed by atoms with Crippen LogP contribution in [0.25, 0.3) is 0 Å². The van der Waals surface area contributed by atoms with Gasteiger partial charge in [0.15, 0.2) is 0 Å². The summed E-state index contributed by atoms with van der Waals surface area (Å²) in [6, 6.07) is 6.11. The Morgan fingerprint density at radius 3 is 2.65 bits per heavy atom. The fraction of sp³-hybridized carbons (Fsp3) is 0.571. The summed E-state index contributed by atoms with van der Waals surface area (Å²) in [4.78, 5) is 0. The summed E-state index contributed by atoms with van der Waals surface area (Å²) in [6.07, 6.45) is 1.15. The Bertz CT molecular complexity index is 441. The molecule has 20 heavy (non-hydrogen) atoms. The molecule has 0 bridgehead atoms. The fourth-order valence-electron chi connectivity index (χ4n) is 2.31. The van der Waals surface area contributed by atoms with E-state index in [0.29, 0.717) is 11.3 Å². The number of hydrogen-bond acceptors (Lipinski definition) is 3. The number of benzene rings is 1. The summed E-state index contributed by atoms with van der Waals surface area (Å²) in [5.74, 6) is -0.167. The summed E-state index contributed by atoms with van der Waals surface area (Å²) in [5, 5.41) is 3.33. The molecule has 1 aliphatic carbocycles. The number of nitrogens with one attached hydrogen (secondary N) is 1. The van der Waals surface area contributed by atoms with Crippen molar-refractivity contribution in [2.45, 2.75) is 36.9 Å². The maximum Gasteiger partial charge on any atom is 0.573 e. The Balaban J connectivity index is 1.85. The SMILES string of the molecule is CSC1(CNCc2cccc(OC(F)(F)F)c2)CCC1. The highest BCUT2D eigenvalue weighted by Gasteiger charge is 2.35. The van der Waals surface area contributed by atoms with Crippen LogP contribution in [0.15, 0.2) is 24.3 Å². The average Bonchev–Trinajstić information content (AvgIpc) is 2.31. The summed E-state index contributed by atoms with van der Waals surface area (Å²) in [7, 11) is 0. The van der Waals surface area contributed by atoms with Gasteiger partial charge in [0.2, 0.25) is 0 Å². The standard InChI is InChI=1S/C14H18F3NOS/c1-20-13(6-3-7-13)10-18-9-11-4-2-5-12(8-11)19-14(15,16)17/h2,4-5,8,18H,3,6-7,9-10H2,1H3. The molecule has 2 nitrogen and oxygen atoms in total. The van der Waals surface area contributed by atoms with Gasteiger partial charge in [-0.1, -0.05) is 18.6 Å². The van der Waals surface area contributed by atoms with E-state index in [-0.39, 0.29) is 5.75 Å². The van der Waals surface area contributed by atoms with Gasteiger partial charge in [0, 0.05) is 17.8 Å². The highest BCUT2D eigenvalue weighted by Crippen LogP contribution is 2.42.